The molecule has 10 heavy (non-hydrogen) atoms. The first kappa shape index (κ1) is 7.72. The number of nitrogens with two attached hydrogens (primary N) is 1. The zero-order chi connectivity index (χ0) is 7.40. The van der Waals surface area contributed by atoms with Crippen LogP contribution in [-0.2, 0) is 4.84 Å². The molecule has 0 aromatic rings. The fourth-order valence-electron chi connectivity index (χ4n) is 1.05. The van der Waals surface area contributed by atoms with Crippen LogP contribution in [0.5, 0.6) is 0 Å². The highest BCUT2D eigenvalue weighted by Gasteiger charge is 2.06. The van der Waals surface area contributed by atoms with Gasteiger partial charge in [-0.15, -0.1) is 0 Å². The Bertz CT molecular complexity index is 134. The van der Waals surface area contributed by atoms with Crippen molar-refractivity contribution in [2.75, 3.05) is 26.7 Å². The van der Waals surface area contributed by atoms with E-state index in [1.165, 1.54) is 5.57 Å². The smallest absolute Gasteiger partial charge is 0.0891 e. The summed E-state index contributed by atoms with van der Waals surface area (Å²) in [5.74, 6) is 4.94. The van der Waals surface area contributed by atoms with E-state index < -0.39 is 0 Å². The molecule has 0 atom stereocenters. The number of hydrogen-bond acceptors (Lipinski definition) is 3. The second-order valence-electron chi connectivity index (χ2n) is 2.69. The highest BCUT2D eigenvalue weighted by Crippen LogP contribution is 2.07. The third-order valence-electron chi connectivity index (χ3n) is 1.78. The van der Waals surface area contributed by atoms with Gasteiger partial charge in [-0.2, -0.15) is 0 Å². The summed E-state index contributed by atoms with van der Waals surface area (Å²) in [5, 5.41) is 0. The molecule has 0 unspecified atom stereocenters. The summed E-state index contributed by atoms with van der Waals surface area (Å²) < 4.78 is 0. The lowest BCUT2D eigenvalue weighted by molar-refractivity contribution is 0.155. The van der Waals surface area contributed by atoms with Crippen molar-refractivity contribution in [3.63, 3.8) is 0 Å². The van der Waals surface area contributed by atoms with Gasteiger partial charge in [0, 0.05) is 13.1 Å². The van der Waals surface area contributed by atoms with Crippen molar-refractivity contribution in [3.05, 3.63) is 11.6 Å². The zero-order valence-corrected chi connectivity index (χ0v) is 6.34. The van der Waals surface area contributed by atoms with E-state index in [1.807, 2.05) is 0 Å². The van der Waals surface area contributed by atoms with Gasteiger partial charge >= 0.3 is 0 Å². The van der Waals surface area contributed by atoms with Gasteiger partial charge in [0.25, 0.3) is 0 Å². The van der Waals surface area contributed by atoms with Gasteiger partial charge in [-0.25, -0.2) is 5.90 Å². The Labute approximate surface area is 61.4 Å². The Hall–Kier alpha value is -0.380. The summed E-state index contributed by atoms with van der Waals surface area (Å²) in [5.41, 5.74) is 1.32. The van der Waals surface area contributed by atoms with Crippen LogP contribution in [0.1, 0.15) is 6.42 Å². The van der Waals surface area contributed by atoms with Gasteiger partial charge in [0.15, 0.2) is 0 Å². The van der Waals surface area contributed by atoms with Gasteiger partial charge < -0.3 is 9.74 Å². The van der Waals surface area contributed by atoms with E-state index in [2.05, 4.69) is 22.9 Å². The molecule has 2 N–H and O–H groups in total. The first-order valence-corrected chi connectivity index (χ1v) is 3.51. The minimum atomic E-state index is 0.591. The molecule has 0 fully saturated rings. The summed E-state index contributed by atoms with van der Waals surface area (Å²) in [6, 6.07) is 0. The highest BCUT2D eigenvalue weighted by atomic mass is 16.6. The molecule has 0 saturated heterocycles. The van der Waals surface area contributed by atoms with Crippen LogP contribution in [0.2, 0.25) is 0 Å². The van der Waals surface area contributed by atoms with Gasteiger partial charge in [0.2, 0.25) is 0 Å². The van der Waals surface area contributed by atoms with Crippen molar-refractivity contribution in [1.82, 2.24) is 4.90 Å². The van der Waals surface area contributed by atoms with Crippen molar-refractivity contribution >= 4 is 0 Å². The Morgan fingerprint density at radius 3 is 3.10 bits per heavy atom. The molecule has 1 rings (SSSR count). The minimum absolute atomic E-state index is 0.591. The van der Waals surface area contributed by atoms with Crippen LogP contribution in [0.4, 0.5) is 0 Å². The first-order valence-electron chi connectivity index (χ1n) is 3.51. The van der Waals surface area contributed by atoms with Crippen molar-refractivity contribution in [2.45, 2.75) is 6.42 Å². The predicted octanol–water partition coefficient (Wildman–Crippen LogP) is 0.139. The molecule has 0 aromatic heterocycles. The second kappa shape index (κ2) is 3.71. The summed E-state index contributed by atoms with van der Waals surface area (Å²) in [6.07, 6.45) is 3.27. The van der Waals surface area contributed by atoms with E-state index in [-0.39, 0.29) is 0 Å². The molecular weight excluding hydrogens is 128 g/mol. The van der Waals surface area contributed by atoms with Crippen LogP contribution in [0, 0.1) is 0 Å². The molecule has 3 heteroatoms. The fraction of sp³-hybridized carbons (Fsp3) is 0.714. The Balaban J connectivity index is 2.33. The molecule has 0 bridgehead atoms. The van der Waals surface area contributed by atoms with Crippen LogP contribution in [0.15, 0.2) is 11.6 Å². The summed E-state index contributed by atoms with van der Waals surface area (Å²) >= 11 is 0. The number of likely N-dealkylation sites (N-methyl/N-ethyl adjacent to an activating group) is 1. The molecule has 0 radical (unpaired) electrons. The van der Waals surface area contributed by atoms with Crippen molar-refractivity contribution in [1.29, 1.82) is 0 Å². The van der Waals surface area contributed by atoms with E-state index >= 15 is 0 Å². The number of rotatable bonds is 2. The largest absolute Gasteiger partial charge is 0.302 e. The maximum Gasteiger partial charge on any atom is 0.0891 e. The minimum Gasteiger partial charge on any atom is -0.302 e. The Morgan fingerprint density at radius 1 is 1.80 bits per heavy atom. The molecule has 3 nitrogen and oxygen atoms in total. The fourth-order valence-corrected chi connectivity index (χ4v) is 1.05. The Kier molecular flexibility index (Phi) is 2.86. The quantitative estimate of drug-likeness (QED) is 0.440. The van der Waals surface area contributed by atoms with Crippen LogP contribution in [0.25, 0.3) is 0 Å². The average molecular weight is 142 g/mol. The molecular formula is C7H14N2O. The van der Waals surface area contributed by atoms with E-state index in [0.29, 0.717) is 6.61 Å². The molecule has 1 aliphatic rings. The van der Waals surface area contributed by atoms with E-state index in [4.69, 9.17) is 5.90 Å². The standard InChI is InChI=1S/C7H14N2O/c1-9-4-2-7(3-5-9)6-10-8/h2H,3-6,8H2,1H3. The molecule has 0 amide bonds. The van der Waals surface area contributed by atoms with Gasteiger partial charge in [-0.3, -0.25) is 0 Å². The SMILES string of the molecule is CN1CC=C(CON)CC1. The first-order chi connectivity index (χ1) is 4.83. The Morgan fingerprint density at radius 2 is 2.60 bits per heavy atom. The number of nitrogens with zero attached hydrogens (tertiary/aromatic N) is 1. The normalized spacial score (nSPS) is 20.8. The highest BCUT2D eigenvalue weighted by molar-refractivity contribution is 5.07. The second-order valence-corrected chi connectivity index (χ2v) is 2.69. The topological polar surface area (TPSA) is 38.5 Å². The maximum atomic E-state index is 4.94. The third-order valence-corrected chi connectivity index (χ3v) is 1.78. The lowest BCUT2D eigenvalue weighted by Gasteiger charge is -2.20. The van der Waals surface area contributed by atoms with Crippen LogP contribution in [-0.4, -0.2) is 31.6 Å². The monoisotopic (exact) mass is 142 g/mol. The molecule has 1 aliphatic heterocycles. The predicted molar refractivity (Wildman–Crippen MR) is 40.3 cm³/mol. The van der Waals surface area contributed by atoms with Crippen molar-refractivity contribution in [3.8, 4) is 0 Å². The summed E-state index contributed by atoms with van der Waals surface area (Å²) in [6.45, 7) is 2.74. The van der Waals surface area contributed by atoms with Gasteiger partial charge in [0.1, 0.15) is 0 Å². The molecule has 58 valence electrons. The van der Waals surface area contributed by atoms with E-state index in [1.54, 1.807) is 0 Å². The lowest BCUT2D eigenvalue weighted by Crippen LogP contribution is -2.25. The zero-order valence-electron chi connectivity index (χ0n) is 6.34. The van der Waals surface area contributed by atoms with Crippen molar-refractivity contribution < 1.29 is 4.84 Å². The molecule has 0 spiro atoms. The van der Waals surface area contributed by atoms with Crippen LogP contribution < -0.4 is 5.90 Å². The summed E-state index contributed by atoms with van der Waals surface area (Å²) in [4.78, 5) is 6.79. The molecule has 0 saturated carbocycles. The van der Waals surface area contributed by atoms with E-state index in [9.17, 15) is 0 Å². The number of hydrogen-bond donors (Lipinski definition) is 1. The van der Waals surface area contributed by atoms with Gasteiger partial charge in [0.05, 0.1) is 6.61 Å². The van der Waals surface area contributed by atoms with Crippen molar-refractivity contribution in [2.24, 2.45) is 5.90 Å². The molecule has 0 aliphatic carbocycles. The average Bonchev–Trinajstić information content (AvgIpc) is 1.95. The summed E-state index contributed by atoms with van der Waals surface area (Å²) in [7, 11) is 2.11. The lowest BCUT2D eigenvalue weighted by atomic mass is 10.1. The van der Waals surface area contributed by atoms with E-state index in [0.717, 1.165) is 19.5 Å². The molecule has 1 heterocycles. The van der Waals surface area contributed by atoms with Gasteiger partial charge in [-0.1, -0.05) is 6.08 Å². The van der Waals surface area contributed by atoms with Crippen LogP contribution in [0.3, 0.4) is 0 Å². The van der Waals surface area contributed by atoms with Crippen LogP contribution >= 0.6 is 0 Å². The van der Waals surface area contributed by atoms with Gasteiger partial charge in [-0.05, 0) is 19.0 Å². The maximum absolute atomic E-state index is 4.94. The third kappa shape index (κ3) is 2.10. The molecule has 0 aromatic carbocycles.